The summed E-state index contributed by atoms with van der Waals surface area (Å²) in [5.41, 5.74) is 4.03. The van der Waals surface area contributed by atoms with E-state index in [0.717, 1.165) is 33.1 Å². The van der Waals surface area contributed by atoms with Crippen molar-refractivity contribution in [2.75, 3.05) is 0 Å². The highest BCUT2D eigenvalue weighted by molar-refractivity contribution is 6.06. The number of rotatable bonds is 1. The number of carbonyl (C=O) groups excluding carboxylic acids is 2. The van der Waals surface area contributed by atoms with Crippen LogP contribution in [0.15, 0.2) is 43.1 Å². The van der Waals surface area contributed by atoms with Crippen LogP contribution < -0.4 is 0 Å². The summed E-state index contributed by atoms with van der Waals surface area (Å²) in [6, 6.07) is 4.14. The van der Waals surface area contributed by atoms with Crippen molar-refractivity contribution in [2.24, 2.45) is 7.05 Å². The number of H-pyrrole nitrogens is 1. The molecule has 7 nitrogen and oxygen atoms in total. The molecular formula is C15H11N5O2. The Morgan fingerprint density at radius 1 is 1.14 bits per heavy atom. The second-order valence-electron chi connectivity index (χ2n) is 4.65. The first-order valence-electron chi connectivity index (χ1n) is 6.42. The first-order valence-corrected chi connectivity index (χ1v) is 6.42. The van der Waals surface area contributed by atoms with Gasteiger partial charge in [-0.1, -0.05) is 0 Å². The minimum absolute atomic E-state index is 0.250. The summed E-state index contributed by atoms with van der Waals surface area (Å²) in [4.78, 5) is 28.1. The van der Waals surface area contributed by atoms with E-state index in [0.29, 0.717) is 0 Å². The Hall–Kier alpha value is -3.31. The molecule has 0 amide bonds. The van der Waals surface area contributed by atoms with Gasteiger partial charge in [-0.05, 0) is 12.1 Å². The normalized spacial score (nSPS) is 10.2. The largest absolute Gasteiger partial charge is 0.373 e. The van der Waals surface area contributed by atoms with Crippen molar-refractivity contribution in [3.8, 4) is 11.1 Å². The second-order valence-corrected chi connectivity index (χ2v) is 4.65. The maximum Gasteiger partial charge on any atom is 0.373 e. The van der Waals surface area contributed by atoms with Crippen molar-refractivity contribution in [1.29, 1.82) is 0 Å². The van der Waals surface area contributed by atoms with Gasteiger partial charge in [0.05, 0.1) is 17.9 Å². The topological polar surface area (TPSA) is 93.5 Å². The molecule has 4 heterocycles. The van der Waals surface area contributed by atoms with Gasteiger partial charge in [0, 0.05) is 47.5 Å². The lowest BCUT2D eigenvalue weighted by molar-refractivity contribution is -0.191. The van der Waals surface area contributed by atoms with E-state index >= 15 is 0 Å². The summed E-state index contributed by atoms with van der Waals surface area (Å²) in [5, 5.41) is 6.45. The average molecular weight is 293 g/mol. The van der Waals surface area contributed by atoms with Gasteiger partial charge in [-0.25, -0.2) is 4.98 Å². The van der Waals surface area contributed by atoms with Crippen LogP contribution in [0.5, 0.6) is 0 Å². The van der Waals surface area contributed by atoms with E-state index in [2.05, 4.69) is 26.1 Å². The van der Waals surface area contributed by atoms with Crippen LogP contribution in [0.4, 0.5) is 0 Å². The number of aromatic nitrogens is 5. The van der Waals surface area contributed by atoms with Crippen molar-refractivity contribution >= 4 is 28.1 Å². The van der Waals surface area contributed by atoms with E-state index in [9.17, 15) is 0 Å². The van der Waals surface area contributed by atoms with Gasteiger partial charge >= 0.3 is 6.15 Å². The summed E-state index contributed by atoms with van der Waals surface area (Å²) >= 11 is 0. The maximum absolute atomic E-state index is 8.12. The van der Waals surface area contributed by atoms with Gasteiger partial charge in [-0.3, -0.25) is 9.67 Å². The molecule has 7 heteroatoms. The predicted molar refractivity (Wildman–Crippen MR) is 78.6 cm³/mol. The molecule has 0 radical (unpaired) electrons. The molecule has 22 heavy (non-hydrogen) atoms. The molecule has 4 aromatic rings. The molecule has 0 aliphatic heterocycles. The molecule has 0 spiro atoms. The van der Waals surface area contributed by atoms with E-state index in [-0.39, 0.29) is 6.15 Å². The van der Waals surface area contributed by atoms with E-state index in [1.54, 1.807) is 10.9 Å². The highest BCUT2D eigenvalue weighted by atomic mass is 16.2. The zero-order chi connectivity index (χ0) is 15.5. The monoisotopic (exact) mass is 293 g/mol. The van der Waals surface area contributed by atoms with E-state index in [1.165, 1.54) is 0 Å². The smallest absolute Gasteiger partial charge is 0.338 e. The number of aromatic amines is 1. The first kappa shape index (κ1) is 13.7. The minimum atomic E-state index is 0.250. The molecule has 1 N–H and O–H groups in total. The van der Waals surface area contributed by atoms with Crippen LogP contribution in [0.1, 0.15) is 0 Å². The fourth-order valence-corrected chi connectivity index (χ4v) is 2.35. The summed E-state index contributed by atoms with van der Waals surface area (Å²) in [5.74, 6) is 0. The van der Waals surface area contributed by atoms with E-state index in [1.807, 2.05) is 37.9 Å². The summed E-state index contributed by atoms with van der Waals surface area (Å²) in [6.07, 6.45) is 9.56. The molecular weight excluding hydrogens is 282 g/mol. The van der Waals surface area contributed by atoms with Crippen molar-refractivity contribution in [3.05, 3.63) is 43.1 Å². The van der Waals surface area contributed by atoms with Crippen LogP contribution in [0.3, 0.4) is 0 Å². The van der Waals surface area contributed by atoms with Crippen molar-refractivity contribution in [3.63, 3.8) is 0 Å². The van der Waals surface area contributed by atoms with Gasteiger partial charge in [0.15, 0.2) is 0 Å². The van der Waals surface area contributed by atoms with Gasteiger partial charge in [0.25, 0.3) is 0 Å². The molecule has 0 unspecified atom stereocenters. The number of nitrogens with one attached hydrogen (secondary N) is 1. The summed E-state index contributed by atoms with van der Waals surface area (Å²) in [6.45, 7) is 0. The van der Waals surface area contributed by atoms with Crippen molar-refractivity contribution in [1.82, 2.24) is 24.7 Å². The van der Waals surface area contributed by atoms with E-state index < -0.39 is 0 Å². The van der Waals surface area contributed by atoms with Gasteiger partial charge in [0.2, 0.25) is 0 Å². The Morgan fingerprint density at radius 2 is 1.95 bits per heavy atom. The third-order valence-corrected chi connectivity index (χ3v) is 3.29. The molecule has 4 rings (SSSR count). The molecule has 0 aliphatic rings. The molecule has 108 valence electrons. The SMILES string of the molecule is Cn1cc(-c2cnc3[nH]c4cnccc4c3c2)cn1.O=C=O. The summed E-state index contributed by atoms with van der Waals surface area (Å²) in [7, 11) is 1.91. The molecule has 0 aromatic carbocycles. The Balaban J connectivity index is 0.000000446. The maximum atomic E-state index is 8.12. The minimum Gasteiger partial charge on any atom is -0.338 e. The van der Waals surface area contributed by atoms with Gasteiger partial charge in [-0.2, -0.15) is 14.7 Å². The Labute approximate surface area is 124 Å². The first-order chi connectivity index (χ1) is 10.7. The number of hydrogen-bond acceptors (Lipinski definition) is 5. The van der Waals surface area contributed by atoms with Crippen molar-refractivity contribution < 1.29 is 9.59 Å². The summed E-state index contributed by atoms with van der Waals surface area (Å²) < 4.78 is 1.79. The molecule has 0 aliphatic carbocycles. The molecule has 4 aromatic heterocycles. The van der Waals surface area contributed by atoms with Crippen LogP contribution in [-0.2, 0) is 16.6 Å². The Kier molecular flexibility index (Phi) is 3.47. The zero-order valence-corrected chi connectivity index (χ0v) is 11.6. The fourth-order valence-electron chi connectivity index (χ4n) is 2.35. The van der Waals surface area contributed by atoms with Gasteiger partial charge < -0.3 is 4.98 Å². The molecule has 0 saturated heterocycles. The van der Waals surface area contributed by atoms with Crippen LogP contribution in [0.25, 0.3) is 33.1 Å². The van der Waals surface area contributed by atoms with Gasteiger partial charge in [-0.15, -0.1) is 0 Å². The zero-order valence-electron chi connectivity index (χ0n) is 11.6. The number of hydrogen-bond donors (Lipinski definition) is 1. The van der Waals surface area contributed by atoms with Crippen molar-refractivity contribution in [2.45, 2.75) is 0 Å². The second kappa shape index (κ2) is 5.59. The van der Waals surface area contributed by atoms with Crippen LogP contribution in [0.2, 0.25) is 0 Å². The number of nitrogens with zero attached hydrogens (tertiary/aromatic N) is 4. The number of fused-ring (bicyclic) bond motifs is 3. The number of pyridine rings is 2. The van der Waals surface area contributed by atoms with Crippen LogP contribution in [-0.4, -0.2) is 30.9 Å². The lowest BCUT2D eigenvalue weighted by Crippen LogP contribution is -1.84. The lowest BCUT2D eigenvalue weighted by Gasteiger charge is -1.97. The highest BCUT2D eigenvalue weighted by Crippen LogP contribution is 2.27. The lowest BCUT2D eigenvalue weighted by atomic mass is 10.1. The molecule has 0 bridgehead atoms. The van der Waals surface area contributed by atoms with Crippen LogP contribution in [0, 0.1) is 0 Å². The molecule has 0 saturated carbocycles. The molecule has 0 fully saturated rings. The van der Waals surface area contributed by atoms with Gasteiger partial charge in [0.1, 0.15) is 5.65 Å². The third-order valence-electron chi connectivity index (χ3n) is 3.29. The quantitative estimate of drug-likeness (QED) is 0.578. The van der Waals surface area contributed by atoms with Crippen LogP contribution >= 0.6 is 0 Å². The average Bonchev–Trinajstić information content (AvgIpc) is 3.11. The predicted octanol–water partition coefficient (Wildman–Crippen LogP) is 1.93. The standard InChI is InChI=1S/C14H11N5.CO2/c1-19-8-10(6-17-19)9-4-12-11-2-3-15-7-13(11)18-14(12)16-5-9;2-1-3/h2-8H,1H3,(H,16,18);. The Bertz CT molecular complexity index is 980. The highest BCUT2D eigenvalue weighted by Gasteiger charge is 2.08. The molecule has 0 atom stereocenters. The number of aryl methyl sites for hydroxylation is 1. The fraction of sp³-hybridized carbons (Fsp3) is 0.0667. The third kappa shape index (κ3) is 2.36. The van der Waals surface area contributed by atoms with E-state index in [4.69, 9.17) is 9.59 Å². The Morgan fingerprint density at radius 3 is 2.68 bits per heavy atom.